The van der Waals surface area contributed by atoms with Gasteiger partial charge in [0.15, 0.2) is 6.61 Å². The van der Waals surface area contributed by atoms with Crippen LogP contribution in [0.3, 0.4) is 0 Å². The molecule has 0 saturated heterocycles. The summed E-state index contributed by atoms with van der Waals surface area (Å²) in [5, 5.41) is 2.25. The maximum absolute atomic E-state index is 13.5. The number of ether oxygens (including phenoxy) is 1. The molecular formula is C15H10BrF2NO3. The molecule has 0 saturated carbocycles. The lowest BCUT2D eigenvalue weighted by atomic mass is 10.2. The third-order valence-electron chi connectivity index (χ3n) is 2.63. The predicted molar refractivity (Wildman–Crippen MR) is 79.4 cm³/mol. The highest BCUT2D eigenvalue weighted by Crippen LogP contribution is 2.16. The average Bonchev–Trinajstić information content (AvgIpc) is 2.49. The molecule has 4 nitrogen and oxygen atoms in total. The number of benzene rings is 2. The Bertz CT molecular complexity index is 722. The van der Waals surface area contributed by atoms with Crippen LogP contribution >= 0.6 is 15.9 Å². The van der Waals surface area contributed by atoms with Gasteiger partial charge in [0.05, 0.1) is 11.3 Å². The van der Waals surface area contributed by atoms with Crippen LogP contribution < -0.4 is 5.32 Å². The van der Waals surface area contributed by atoms with E-state index in [1.165, 1.54) is 30.3 Å². The van der Waals surface area contributed by atoms with Crippen LogP contribution in [0, 0.1) is 11.6 Å². The molecular weight excluding hydrogens is 360 g/mol. The molecule has 0 heterocycles. The topological polar surface area (TPSA) is 55.4 Å². The van der Waals surface area contributed by atoms with Crippen molar-refractivity contribution in [3.8, 4) is 0 Å². The number of hydrogen-bond donors (Lipinski definition) is 1. The van der Waals surface area contributed by atoms with Crippen LogP contribution in [0.5, 0.6) is 0 Å². The fourth-order valence-corrected chi connectivity index (χ4v) is 1.97. The predicted octanol–water partition coefficient (Wildman–Crippen LogP) is 3.52. The monoisotopic (exact) mass is 369 g/mol. The van der Waals surface area contributed by atoms with Crippen molar-refractivity contribution in [3.05, 3.63) is 64.1 Å². The third-order valence-corrected chi connectivity index (χ3v) is 3.12. The number of halogens is 3. The van der Waals surface area contributed by atoms with Gasteiger partial charge in [-0.15, -0.1) is 0 Å². The van der Waals surface area contributed by atoms with Crippen LogP contribution in [0.25, 0.3) is 0 Å². The average molecular weight is 370 g/mol. The van der Waals surface area contributed by atoms with Crippen molar-refractivity contribution < 1.29 is 23.1 Å². The van der Waals surface area contributed by atoms with Crippen LogP contribution in [0.15, 0.2) is 46.9 Å². The minimum Gasteiger partial charge on any atom is -0.452 e. The molecule has 2 aromatic rings. The van der Waals surface area contributed by atoms with Gasteiger partial charge >= 0.3 is 5.97 Å². The van der Waals surface area contributed by atoms with Gasteiger partial charge in [-0.25, -0.2) is 13.6 Å². The number of para-hydroxylation sites is 1. The Morgan fingerprint density at radius 2 is 1.82 bits per heavy atom. The fraction of sp³-hybridized carbons (Fsp3) is 0.0667. The summed E-state index contributed by atoms with van der Waals surface area (Å²) in [6.07, 6.45) is 0. The van der Waals surface area contributed by atoms with Crippen molar-refractivity contribution in [2.24, 2.45) is 0 Å². The van der Waals surface area contributed by atoms with E-state index in [0.717, 1.165) is 6.07 Å². The van der Waals surface area contributed by atoms with Crippen LogP contribution in [0.4, 0.5) is 14.5 Å². The smallest absolute Gasteiger partial charge is 0.341 e. The van der Waals surface area contributed by atoms with Crippen LogP contribution in [0.1, 0.15) is 10.4 Å². The number of anilines is 1. The zero-order valence-electron chi connectivity index (χ0n) is 11.1. The highest BCUT2D eigenvalue weighted by atomic mass is 79.9. The minimum atomic E-state index is -0.984. The summed E-state index contributed by atoms with van der Waals surface area (Å²) >= 11 is 3.10. The van der Waals surface area contributed by atoms with Crippen molar-refractivity contribution >= 4 is 33.5 Å². The first-order valence-electron chi connectivity index (χ1n) is 6.14. The molecule has 2 rings (SSSR count). The molecule has 114 valence electrons. The second-order valence-corrected chi connectivity index (χ2v) is 5.14. The van der Waals surface area contributed by atoms with E-state index in [1.807, 2.05) is 0 Å². The van der Waals surface area contributed by atoms with Gasteiger partial charge in [0, 0.05) is 4.47 Å². The number of carbonyl (C=O) groups excluding carboxylic acids is 2. The summed E-state index contributed by atoms with van der Waals surface area (Å²) in [4.78, 5) is 23.3. The van der Waals surface area contributed by atoms with E-state index in [9.17, 15) is 18.4 Å². The molecule has 0 aliphatic rings. The molecule has 2 aromatic carbocycles. The standard InChI is InChI=1S/C15H10BrF2NO3/c16-9-5-6-11(17)10(7-9)15(21)22-8-14(20)19-13-4-2-1-3-12(13)18/h1-7H,8H2,(H,19,20). The quantitative estimate of drug-likeness (QED) is 0.838. The van der Waals surface area contributed by atoms with Gasteiger partial charge in [-0.1, -0.05) is 28.1 Å². The molecule has 0 atom stereocenters. The molecule has 0 unspecified atom stereocenters. The highest BCUT2D eigenvalue weighted by molar-refractivity contribution is 9.10. The second-order valence-electron chi connectivity index (χ2n) is 4.23. The Balaban J connectivity index is 1.95. The van der Waals surface area contributed by atoms with E-state index in [2.05, 4.69) is 21.2 Å². The van der Waals surface area contributed by atoms with Gasteiger partial charge in [0.2, 0.25) is 0 Å². The largest absolute Gasteiger partial charge is 0.452 e. The van der Waals surface area contributed by atoms with Gasteiger partial charge in [0.25, 0.3) is 5.91 Å². The molecule has 1 N–H and O–H groups in total. The van der Waals surface area contributed by atoms with Crippen molar-refractivity contribution in [2.75, 3.05) is 11.9 Å². The van der Waals surface area contributed by atoms with E-state index < -0.39 is 30.1 Å². The summed E-state index contributed by atoms with van der Waals surface area (Å²) < 4.78 is 32.0. The maximum atomic E-state index is 13.5. The van der Waals surface area contributed by atoms with Crippen LogP contribution in [0.2, 0.25) is 0 Å². The summed E-state index contributed by atoms with van der Waals surface area (Å²) in [5.41, 5.74) is -0.328. The van der Waals surface area contributed by atoms with E-state index in [0.29, 0.717) is 4.47 Å². The normalized spacial score (nSPS) is 10.1. The first-order valence-corrected chi connectivity index (χ1v) is 6.93. The lowest BCUT2D eigenvalue weighted by Gasteiger charge is -2.08. The number of esters is 1. The molecule has 0 bridgehead atoms. The highest BCUT2D eigenvalue weighted by Gasteiger charge is 2.15. The Hall–Kier alpha value is -2.28. The fourth-order valence-electron chi connectivity index (χ4n) is 1.61. The first kappa shape index (κ1) is 16.1. The lowest BCUT2D eigenvalue weighted by Crippen LogP contribution is -2.21. The first-order chi connectivity index (χ1) is 10.5. The maximum Gasteiger partial charge on any atom is 0.341 e. The van der Waals surface area contributed by atoms with Crippen molar-refractivity contribution in [1.29, 1.82) is 0 Å². The molecule has 0 aliphatic heterocycles. The third kappa shape index (κ3) is 4.11. The van der Waals surface area contributed by atoms with E-state index in [-0.39, 0.29) is 11.3 Å². The Kier molecular flexibility index (Phi) is 5.21. The zero-order chi connectivity index (χ0) is 16.1. The molecule has 0 aliphatic carbocycles. The van der Waals surface area contributed by atoms with Crippen molar-refractivity contribution in [2.45, 2.75) is 0 Å². The summed E-state index contributed by atoms with van der Waals surface area (Å²) in [7, 11) is 0. The Morgan fingerprint density at radius 3 is 2.55 bits per heavy atom. The molecule has 0 spiro atoms. The van der Waals surface area contributed by atoms with E-state index in [4.69, 9.17) is 4.74 Å². The van der Waals surface area contributed by atoms with E-state index >= 15 is 0 Å². The van der Waals surface area contributed by atoms with Gasteiger partial charge in [-0.3, -0.25) is 4.79 Å². The molecule has 7 heteroatoms. The number of carbonyl (C=O) groups is 2. The van der Waals surface area contributed by atoms with Crippen LogP contribution in [-0.2, 0) is 9.53 Å². The number of rotatable bonds is 4. The Morgan fingerprint density at radius 1 is 1.09 bits per heavy atom. The molecule has 0 fully saturated rings. The molecule has 1 amide bonds. The molecule has 22 heavy (non-hydrogen) atoms. The SMILES string of the molecule is O=C(COC(=O)c1cc(Br)ccc1F)Nc1ccccc1F. The van der Waals surface area contributed by atoms with Gasteiger partial charge < -0.3 is 10.1 Å². The van der Waals surface area contributed by atoms with Gasteiger partial charge in [-0.05, 0) is 30.3 Å². The van der Waals surface area contributed by atoms with Crippen LogP contribution in [-0.4, -0.2) is 18.5 Å². The van der Waals surface area contributed by atoms with Crippen molar-refractivity contribution in [3.63, 3.8) is 0 Å². The summed E-state index contributed by atoms with van der Waals surface area (Å²) in [5.74, 6) is -3.08. The zero-order valence-corrected chi connectivity index (χ0v) is 12.7. The second kappa shape index (κ2) is 7.13. The van der Waals surface area contributed by atoms with Gasteiger partial charge in [0.1, 0.15) is 11.6 Å². The molecule has 0 aromatic heterocycles. The lowest BCUT2D eigenvalue weighted by molar-refractivity contribution is -0.119. The molecule has 0 radical (unpaired) electrons. The number of hydrogen-bond acceptors (Lipinski definition) is 3. The summed E-state index contributed by atoms with van der Waals surface area (Å²) in [6.45, 7) is -0.654. The number of nitrogens with one attached hydrogen (secondary N) is 1. The number of amides is 1. The van der Waals surface area contributed by atoms with E-state index in [1.54, 1.807) is 6.07 Å². The Labute approximate surface area is 133 Å². The van der Waals surface area contributed by atoms with Crippen molar-refractivity contribution in [1.82, 2.24) is 0 Å². The summed E-state index contributed by atoms with van der Waals surface area (Å²) in [6, 6.07) is 9.33. The van der Waals surface area contributed by atoms with Gasteiger partial charge in [-0.2, -0.15) is 0 Å². The minimum absolute atomic E-state index is 0.0304.